The lowest BCUT2D eigenvalue weighted by Gasteiger charge is -2.34. The molecule has 2 saturated carbocycles. The predicted molar refractivity (Wildman–Crippen MR) is 71.8 cm³/mol. The van der Waals surface area contributed by atoms with E-state index < -0.39 is 0 Å². The van der Waals surface area contributed by atoms with Gasteiger partial charge in [0, 0.05) is 11.8 Å². The highest BCUT2D eigenvalue weighted by Gasteiger charge is 2.34. The van der Waals surface area contributed by atoms with Crippen molar-refractivity contribution in [3.63, 3.8) is 0 Å². The summed E-state index contributed by atoms with van der Waals surface area (Å²) in [5.41, 5.74) is 0. The molecule has 0 aromatic carbocycles. The molecule has 2 aliphatic carbocycles. The van der Waals surface area contributed by atoms with Gasteiger partial charge in [-0.3, -0.25) is 4.79 Å². The second-order valence-electron chi connectivity index (χ2n) is 6.97. The number of hydrogen-bond acceptors (Lipinski definition) is 1. The van der Waals surface area contributed by atoms with Gasteiger partial charge in [-0.05, 0) is 49.9 Å². The molecular formula is C16H28O. The van der Waals surface area contributed by atoms with Crippen molar-refractivity contribution in [3.05, 3.63) is 0 Å². The molecule has 2 atom stereocenters. The maximum absolute atomic E-state index is 12.6. The van der Waals surface area contributed by atoms with Crippen LogP contribution in [0, 0.1) is 29.6 Å². The van der Waals surface area contributed by atoms with Crippen molar-refractivity contribution in [2.24, 2.45) is 29.6 Å². The number of carbonyl (C=O) groups excluding carboxylic acids is 1. The summed E-state index contributed by atoms with van der Waals surface area (Å²) in [5.74, 6) is 3.80. The Balaban J connectivity index is 1.90. The van der Waals surface area contributed by atoms with Crippen LogP contribution in [0.15, 0.2) is 0 Å². The first kappa shape index (κ1) is 13.1. The third-order valence-electron chi connectivity index (χ3n) is 5.00. The maximum atomic E-state index is 12.6. The Morgan fingerprint density at radius 2 is 1.24 bits per heavy atom. The van der Waals surface area contributed by atoms with E-state index in [9.17, 15) is 4.79 Å². The van der Waals surface area contributed by atoms with E-state index in [0.717, 1.165) is 30.6 Å². The second kappa shape index (κ2) is 5.54. The fourth-order valence-corrected chi connectivity index (χ4v) is 4.06. The number of Topliss-reactive ketones (excluding diaryl/α,β-unsaturated/α-hetero) is 1. The molecule has 1 nitrogen and oxygen atoms in total. The molecule has 17 heavy (non-hydrogen) atoms. The zero-order valence-corrected chi connectivity index (χ0v) is 11.7. The molecule has 0 bridgehead atoms. The third-order valence-corrected chi connectivity index (χ3v) is 5.00. The molecule has 2 unspecified atom stereocenters. The van der Waals surface area contributed by atoms with Crippen molar-refractivity contribution in [2.75, 3.05) is 0 Å². The minimum Gasteiger partial charge on any atom is -0.299 e. The van der Waals surface area contributed by atoms with Gasteiger partial charge in [-0.2, -0.15) is 0 Å². The Morgan fingerprint density at radius 1 is 0.706 bits per heavy atom. The number of rotatable bonds is 2. The maximum Gasteiger partial charge on any atom is 0.139 e. The van der Waals surface area contributed by atoms with Crippen LogP contribution in [0.3, 0.4) is 0 Å². The van der Waals surface area contributed by atoms with Gasteiger partial charge in [-0.15, -0.1) is 0 Å². The molecule has 0 radical (unpaired) electrons. The van der Waals surface area contributed by atoms with Crippen molar-refractivity contribution in [3.8, 4) is 0 Å². The van der Waals surface area contributed by atoms with E-state index in [1.807, 2.05) is 0 Å². The van der Waals surface area contributed by atoms with Gasteiger partial charge in [0.25, 0.3) is 0 Å². The van der Waals surface area contributed by atoms with Crippen LogP contribution in [-0.4, -0.2) is 5.78 Å². The van der Waals surface area contributed by atoms with Gasteiger partial charge in [-0.1, -0.05) is 33.6 Å². The quantitative estimate of drug-likeness (QED) is 0.692. The lowest BCUT2D eigenvalue weighted by atomic mass is 9.70. The summed E-state index contributed by atoms with van der Waals surface area (Å²) in [4.78, 5) is 12.6. The molecule has 0 aromatic rings. The van der Waals surface area contributed by atoms with Crippen LogP contribution in [-0.2, 0) is 4.79 Å². The smallest absolute Gasteiger partial charge is 0.139 e. The number of hydrogen-bond donors (Lipinski definition) is 0. The standard InChI is InChI=1S/C16H28O/c1-11-4-6-14(7-5-11)16(17)15-9-12(2)8-13(3)10-15/h11-15H,4-10H2,1-3H3. The lowest BCUT2D eigenvalue weighted by Crippen LogP contribution is -2.32. The van der Waals surface area contributed by atoms with E-state index >= 15 is 0 Å². The molecule has 0 aromatic heterocycles. The van der Waals surface area contributed by atoms with Gasteiger partial charge in [0.05, 0.1) is 0 Å². The molecule has 0 N–H and O–H groups in total. The molecule has 1 heteroatoms. The largest absolute Gasteiger partial charge is 0.299 e. The van der Waals surface area contributed by atoms with E-state index in [2.05, 4.69) is 20.8 Å². The van der Waals surface area contributed by atoms with Crippen molar-refractivity contribution in [2.45, 2.75) is 65.7 Å². The zero-order chi connectivity index (χ0) is 12.4. The fraction of sp³-hybridized carbons (Fsp3) is 0.938. The van der Waals surface area contributed by atoms with Gasteiger partial charge in [0.1, 0.15) is 5.78 Å². The highest BCUT2D eigenvalue weighted by Crippen LogP contribution is 2.38. The Hall–Kier alpha value is -0.330. The van der Waals surface area contributed by atoms with E-state index in [-0.39, 0.29) is 0 Å². The molecule has 0 amide bonds. The van der Waals surface area contributed by atoms with Crippen molar-refractivity contribution in [1.29, 1.82) is 0 Å². The summed E-state index contributed by atoms with van der Waals surface area (Å²) in [6.07, 6.45) is 8.52. The van der Waals surface area contributed by atoms with Crippen molar-refractivity contribution < 1.29 is 4.79 Å². The van der Waals surface area contributed by atoms with Gasteiger partial charge >= 0.3 is 0 Å². The Morgan fingerprint density at radius 3 is 1.76 bits per heavy atom. The highest BCUT2D eigenvalue weighted by molar-refractivity contribution is 5.83. The highest BCUT2D eigenvalue weighted by atomic mass is 16.1. The average Bonchev–Trinajstić information content (AvgIpc) is 2.28. The molecule has 98 valence electrons. The van der Waals surface area contributed by atoms with E-state index in [1.165, 1.54) is 32.1 Å². The van der Waals surface area contributed by atoms with Crippen LogP contribution in [0.5, 0.6) is 0 Å². The van der Waals surface area contributed by atoms with Crippen molar-refractivity contribution in [1.82, 2.24) is 0 Å². The fourth-order valence-electron chi connectivity index (χ4n) is 4.06. The monoisotopic (exact) mass is 236 g/mol. The van der Waals surface area contributed by atoms with Crippen LogP contribution in [0.1, 0.15) is 65.7 Å². The SMILES string of the molecule is CC1CCC(C(=O)C2CC(C)CC(C)C2)CC1. The van der Waals surface area contributed by atoms with Crippen LogP contribution in [0.25, 0.3) is 0 Å². The van der Waals surface area contributed by atoms with Gasteiger partial charge in [-0.25, -0.2) is 0 Å². The molecule has 0 aliphatic heterocycles. The van der Waals surface area contributed by atoms with Crippen molar-refractivity contribution >= 4 is 5.78 Å². The topological polar surface area (TPSA) is 17.1 Å². The number of ketones is 1. The molecule has 2 aliphatic rings. The molecule has 0 spiro atoms. The van der Waals surface area contributed by atoms with Gasteiger partial charge < -0.3 is 0 Å². The Bertz CT molecular complexity index is 253. The molecule has 2 fully saturated rings. The first-order valence-electron chi connectivity index (χ1n) is 7.60. The minimum atomic E-state index is 0.396. The Labute approximate surface area is 106 Å². The van der Waals surface area contributed by atoms with Crippen LogP contribution in [0.2, 0.25) is 0 Å². The second-order valence-corrected chi connectivity index (χ2v) is 6.97. The number of carbonyl (C=O) groups is 1. The summed E-state index contributed by atoms with van der Waals surface area (Å²) in [6, 6.07) is 0. The van der Waals surface area contributed by atoms with E-state index in [4.69, 9.17) is 0 Å². The Kier molecular flexibility index (Phi) is 4.27. The van der Waals surface area contributed by atoms with E-state index in [1.54, 1.807) is 0 Å². The normalized spacial score (nSPS) is 43.4. The summed E-state index contributed by atoms with van der Waals surface area (Å²) in [6.45, 7) is 6.96. The van der Waals surface area contributed by atoms with E-state index in [0.29, 0.717) is 17.6 Å². The lowest BCUT2D eigenvalue weighted by molar-refractivity contribution is -0.130. The summed E-state index contributed by atoms with van der Waals surface area (Å²) < 4.78 is 0. The van der Waals surface area contributed by atoms with Crippen LogP contribution >= 0.6 is 0 Å². The molecule has 0 saturated heterocycles. The van der Waals surface area contributed by atoms with Crippen LogP contribution in [0.4, 0.5) is 0 Å². The first-order chi connectivity index (χ1) is 8.06. The zero-order valence-electron chi connectivity index (χ0n) is 11.7. The molecule has 2 rings (SSSR count). The summed E-state index contributed by atoms with van der Waals surface area (Å²) >= 11 is 0. The average molecular weight is 236 g/mol. The minimum absolute atomic E-state index is 0.396. The molecule has 0 heterocycles. The summed E-state index contributed by atoms with van der Waals surface area (Å²) in [7, 11) is 0. The third kappa shape index (κ3) is 3.33. The molecular weight excluding hydrogens is 208 g/mol. The van der Waals surface area contributed by atoms with Gasteiger partial charge in [0.15, 0.2) is 0 Å². The first-order valence-corrected chi connectivity index (χ1v) is 7.60. The predicted octanol–water partition coefficient (Wildman–Crippen LogP) is 4.45. The summed E-state index contributed by atoms with van der Waals surface area (Å²) in [5, 5.41) is 0. The van der Waals surface area contributed by atoms with Crippen LogP contribution < -0.4 is 0 Å². The van der Waals surface area contributed by atoms with Gasteiger partial charge in [0.2, 0.25) is 0 Å².